The van der Waals surface area contributed by atoms with Crippen LogP contribution < -0.4 is 15.8 Å². The Morgan fingerprint density at radius 2 is 2.47 bits per heavy atom. The molecule has 0 aromatic carbocycles. The molecule has 6 heteroatoms. The molecule has 1 aliphatic heterocycles. The fourth-order valence-corrected chi connectivity index (χ4v) is 2.80. The minimum Gasteiger partial charge on any atom is -0.487 e. The van der Waals surface area contributed by atoms with Gasteiger partial charge in [0.25, 0.3) is 0 Å². The van der Waals surface area contributed by atoms with Crippen molar-refractivity contribution >= 4 is 22.4 Å². The largest absolute Gasteiger partial charge is 0.487 e. The molecule has 0 bridgehead atoms. The van der Waals surface area contributed by atoms with Gasteiger partial charge >= 0.3 is 0 Å². The number of likely N-dealkylation sites (N-methyl/N-ethyl adjacent to an activating group) is 1. The van der Waals surface area contributed by atoms with E-state index in [9.17, 15) is 0 Å². The Balaban J connectivity index is 1.94. The van der Waals surface area contributed by atoms with E-state index in [1.54, 1.807) is 0 Å². The molecule has 0 aliphatic carbocycles. The van der Waals surface area contributed by atoms with Gasteiger partial charge in [0.1, 0.15) is 0 Å². The lowest BCUT2D eigenvalue weighted by Gasteiger charge is -2.19. The zero-order chi connectivity index (χ0) is 12.3. The highest BCUT2D eigenvalue weighted by Crippen LogP contribution is 2.35. The van der Waals surface area contributed by atoms with E-state index in [-0.39, 0.29) is 0 Å². The van der Waals surface area contributed by atoms with Crippen LogP contribution in [0.5, 0.6) is 5.75 Å². The number of nitrogens with one attached hydrogen (secondary N) is 1. The van der Waals surface area contributed by atoms with Crippen LogP contribution in [0.3, 0.4) is 0 Å². The number of rotatable bonds is 5. The molecule has 96 valence electrons. The number of anilines is 2. The molecule has 0 spiro atoms. The van der Waals surface area contributed by atoms with Crippen LogP contribution in [0, 0.1) is 0 Å². The van der Waals surface area contributed by atoms with Gasteiger partial charge in [0.05, 0.1) is 6.61 Å². The van der Waals surface area contributed by atoms with Crippen LogP contribution in [0.4, 0.5) is 10.8 Å². The summed E-state index contributed by atoms with van der Waals surface area (Å²) >= 11 is 1.37. The average molecular weight is 256 g/mol. The van der Waals surface area contributed by atoms with Gasteiger partial charge in [0, 0.05) is 12.6 Å². The monoisotopic (exact) mass is 256 g/mol. The van der Waals surface area contributed by atoms with Gasteiger partial charge in [0.15, 0.2) is 16.6 Å². The van der Waals surface area contributed by atoms with Crippen LogP contribution in [0.2, 0.25) is 0 Å². The molecule has 1 atom stereocenters. The fourth-order valence-electron chi connectivity index (χ4n) is 2.14. The molecule has 0 radical (unpaired) electrons. The number of ether oxygens (including phenoxy) is 1. The molecule has 3 N–H and O–H groups in total. The summed E-state index contributed by atoms with van der Waals surface area (Å²) in [7, 11) is 2.17. The maximum atomic E-state index is 5.76. The van der Waals surface area contributed by atoms with Crippen LogP contribution in [-0.4, -0.2) is 42.1 Å². The Morgan fingerprint density at radius 3 is 3.12 bits per heavy atom. The number of aromatic nitrogens is 1. The molecular formula is C11H20N4OS. The second kappa shape index (κ2) is 5.55. The minimum atomic E-state index is 0.485. The third-order valence-electron chi connectivity index (χ3n) is 3.13. The second-order valence-electron chi connectivity index (χ2n) is 4.32. The molecule has 2 rings (SSSR count). The average Bonchev–Trinajstić information content (AvgIpc) is 2.86. The lowest BCUT2D eigenvalue weighted by Crippen LogP contribution is -2.31. The van der Waals surface area contributed by atoms with Crippen molar-refractivity contribution in [2.75, 3.05) is 37.8 Å². The lowest BCUT2D eigenvalue weighted by molar-refractivity contribution is 0.321. The van der Waals surface area contributed by atoms with E-state index < -0.39 is 0 Å². The number of nitrogen functional groups attached to an aromatic ring is 1. The topological polar surface area (TPSA) is 63.4 Å². The van der Waals surface area contributed by atoms with Crippen LogP contribution >= 0.6 is 11.5 Å². The zero-order valence-electron chi connectivity index (χ0n) is 10.4. The van der Waals surface area contributed by atoms with Crippen molar-refractivity contribution in [1.82, 2.24) is 9.27 Å². The first-order valence-electron chi connectivity index (χ1n) is 6.04. The quantitative estimate of drug-likeness (QED) is 0.838. The summed E-state index contributed by atoms with van der Waals surface area (Å²) in [4.78, 5) is 2.39. The number of likely N-dealkylation sites (tertiary alicyclic amines) is 1. The van der Waals surface area contributed by atoms with Crippen molar-refractivity contribution < 1.29 is 4.74 Å². The fraction of sp³-hybridized carbons (Fsp3) is 0.727. The zero-order valence-corrected chi connectivity index (χ0v) is 11.2. The van der Waals surface area contributed by atoms with Gasteiger partial charge in [0.2, 0.25) is 0 Å². The Kier molecular flexibility index (Phi) is 4.06. The van der Waals surface area contributed by atoms with E-state index in [4.69, 9.17) is 10.5 Å². The highest BCUT2D eigenvalue weighted by atomic mass is 32.1. The molecule has 5 nitrogen and oxygen atoms in total. The van der Waals surface area contributed by atoms with Gasteiger partial charge in [-0.25, -0.2) is 0 Å². The first kappa shape index (κ1) is 12.4. The first-order chi connectivity index (χ1) is 8.22. The van der Waals surface area contributed by atoms with Crippen LogP contribution in [0.15, 0.2) is 0 Å². The van der Waals surface area contributed by atoms with Gasteiger partial charge in [-0.1, -0.05) is 0 Å². The summed E-state index contributed by atoms with van der Waals surface area (Å²) in [5.74, 6) is 1.19. The van der Waals surface area contributed by atoms with E-state index in [0.717, 1.165) is 11.5 Å². The van der Waals surface area contributed by atoms with Crippen molar-refractivity contribution in [2.24, 2.45) is 0 Å². The predicted octanol–water partition coefficient (Wildman–Crippen LogP) is 1.63. The summed E-state index contributed by atoms with van der Waals surface area (Å²) in [6, 6.07) is 0.604. The van der Waals surface area contributed by atoms with Crippen molar-refractivity contribution in [3.63, 3.8) is 0 Å². The van der Waals surface area contributed by atoms with Gasteiger partial charge in [-0.05, 0) is 44.9 Å². The standard InChI is InChI=1S/C11H20N4OS/c1-3-16-9-10(12)14-17-11(9)13-7-8-5-4-6-15(8)2/h8,13H,3-7H2,1-2H3,(H2,12,14). The third kappa shape index (κ3) is 2.81. The van der Waals surface area contributed by atoms with Crippen molar-refractivity contribution in [3.05, 3.63) is 0 Å². The minimum absolute atomic E-state index is 0.485. The van der Waals surface area contributed by atoms with E-state index >= 15 is 0 Å². The SMILES string of the molecule is CCOc1c(N)nsc1NCC1CCCN1C. The molecule has 1 unspecified atom stereocenters. The van der Waals surface area contributed by atoms with Crippen molar-refractivity contribution in [2.45, 2.75) is 25.8 Å². The Hall–Kier alpha value is -1.01. The van der Waals surface area contributed by atoms with Gasteiger partial charge < -0.3 is 20.7 Å². The summed E-state index contributed by atoms with van der Waals surface area (Å²) in [5.41, 5.74) is 5.76. The van der Waals surface area contributed by atoms with Crippen LogP contribution in [0.25, 0.3) is 0 Å². The summed E-state index contributed by atoms with van der Waals surface area (Å²) in [5, 5.41) is 4.35. The maximum absolute atomic E-state index is 5.76. The molecule has 17 heavy (non-hydrogen) atoms. The molecule has 1 aliphatic rings. The maximum Gasteiger partial charge on any atom is 0.197 e. The van der Waals surface area contributed by atoms with Gasteiger partial charge in [-0.15, -0.1) is 0 Å². The molecule has 1 aromatic rings. The van der Waals surface area contributed by atoms with E-state index in [1.807, 2.05) is 6.92 Å². The van der Waals surface area contributed by atoms with Crippen molar-refractivity contribution in [1.29, 1.82) is 0 Å². The number of hydrogen-bond donors (Lipinski definition) is 2. The van der Waals surface area contributed by atoms with E-state index in [1.165, 1.54) is 30.9 Å². The van der Waals surface area contributed by atoms with Gasteiger partial charge in [-0.3, -0.25) is 0 Å². The summed E-state index contributed by atoms with van der Waals surface area (Å²) in [6.45, 7) is 4.68. The summed E-state index contributed by atoms with van der Waals surface area (Å²) < 4.78 is 9.61. The lowest BCUT2D eigenvalue weighted by atomic mass is 10.2. The number of hydrogen-bond acceptors (Lipinski definition) is 6. The highest BCUT2D eigenvalue weighted by molar-refractivity contribution is 7.11. The predicted molar refractivity (Wildman–Crippen MR) is 71.8 cm³/mol. The molecule has 0 amide bonds. The number of nitrogens with two attached hydrogens (primary N) is 1. The molecular weight excluding hydrogens is 236 g/mol. The molecule has 1 saturated heterocycles. The van der Waals surface area contributed by atoms with Crippen LogP contribution in [0.1, 0.15) is 19.8 Å². The van der Waals surface area contributed by atoms with Gasteiger partial charge in [-0.2, -0.15) is 4.37 Å². The third-order valence-corrected chi connectivity index (χ3v) is 3.93. The highest BCUT2D eigenvalue weighted by Gasteiger charge is 2.21. The summed E-state index contributed by atoms with van der Waals surface area (Å²) in [6.07, 6.45) is 2.54. The Bertz CT molecular complexity index is 368. The smallest absolute Gasteiger partial charge is 0.197 e. The Morgan fingerprint density at radius 1 is 1.65 bits per heavy atom. The van der Waals surface area contributed by atoms with Crippen molar-refractivity contribution in [3.8, 4) is 5.75 Å². The number of nitrogens with zero attached hydrogens (tertiary/aromatic N) is 2. The molecule has 1 fully saturated rings. The van der Waals surface area contributed by atoms with E-state index in [2.05, 4.69) is 21.6 Å². The molecule has 2 heterocycles. The normalized spacial score (nSPS) is 20.7. The Labute approximate surface area is 106 Å². The van der Waals surface area contributed by atoms with E-state index in [0.29, 0.717) is 24.2 Å². The second-order valence-corrected chi connectivity index (χ2v) is 5.09. The molecule has 0 saturated carbocycles. The molecule has 1 aromatic heterocycles. The van der Waals surface area contributed by atoms with Crippen LogP contribution in [-0.2, 0) is 0 Å². The first-order valence-corrected chi connectivity index (χ1v) is 6.81.